The van der Waals surface area contributed by atoms with Crippen LogP contribution in [0.5, 0.6) is 0 Å². The fraction of sp³-hybridized carbons (Fsp3) is 0.955. The first kappa shape index (κ1) is 72.9. The largest absolute Gasteiger partial charge is 0.394 e. The molecule has 76 heavy (non-hydrogen) atoms. The monoisotopic (exact) mass is 1080 g/mol. The zero-order valence-corrected chi connectivity index (χ0v) is 50.5. The molecule has 1 amide bonds. The van der Waals surface area contributed by atoms with Gasteiger partial charge >= 0.3 is 0 Å². The molecule has 0 saturated carbocycles. The topological polar surface area (TPSA) is 149 Å². The molecule has 9 heteroatoms. The molecule has 7 atom stereocenters. The molecule has 0 bridgehead atoms. The van der Waals surface area contributed by atoms with Crippen LogP contribution in [0.25, 0.3) is 0 Å². The van der Waals surface area contributed by atoms with Crippen molar-refractivity contribution in [3.63, 3.8) is 0 Å². The standard InChI is InChI=1S/C67H131NO8/c1-3-5-7-9-11-13-15-17-19-21-23-25-27-28-29-30-31-32-33-34-35-37-39-41-43-45-47-49-51-53-55-57-63(71)68-60(59-75-67-66(74)65(73)64(72)62(58-69)76-67)61(70)56-54-52-50-48-46-44-42-40-38-36-26-24-22-20-18-16-14-12-10-8-6-4-2/h28-29,60-62,64-67,69-70,72-74H,3-27,30-59H2,1-2H3,(H,68,71)/b29-28-. The normalized spacial score (nSPS) is 18.8. The second-order valence-corrected chi connectivity index (χ2v) is 24.0. The lowest BCUT2D eigenvalue weighted by atomic mass is 9.99. The minimum Gasteiger partial charge on any atom is -0.394 e. The van der Waals surface area contributed by atoms with Crippen LogP contribution in [-0.2, 0) is 14.3 Å². The van der Waals surface area contributed by atoms with Crippen molar-refractivity contribution < 1.29 is 39.8 Å². The number of carbonyl (C=O) groups is 1. The number of aliphatic hydroxyl groups excluding tert-OH is 5. The molecule has 0 radical (unpaired) electrons. The van der Waals surface area contributed by atoms with Crippen molar-refractivity contribution in [3.05, 3.63) is 12.2 Å². The molecular formula is C67H131NO8. The lowest BCUT2D eigenvalue weighted by molar-refractivity contribution is -0.302. The molecule has 1 aliphatic heterocycles. The Morgan fingerprint density at radius 2 is 0.737 bits per heavy atom. The third-order valence-corrected chi connectivity index (χ3v) is 16.6. The highest BCUT2D eigenvalue weighted by atomic mass is 16.7. The first-order chi connectivity index (χ1) is 37.3. The quantitative estimate of drug-likeness (QED) is 0.0261. The van der Waals surface area contributed by atoms with Crippen LogP contribution in [0.2, 0.25) is 0 Å². The molecular weight excluding hydrogens is 947 g/mol. The summed E-state index contributed by atoms with van der Waals surface area (Å²) in [5.41, 5.74) is 0. The van der Waals surface area contributed by atoms with Crippen molar-refractivity contribution in [2.24, 2.45) is 0 Å². The zero-order valence-electron chi connectivity index (χ0n) is 50.5. The second kappa shape index (κ2) is 57.2. The van der Waals surface area contributed by atoms with Gasteiger partial charge in [-0.1, -0.05) is 321 Å². The zero-order chi connectivity index (χ0) is 55.0. The maximum absolute atomic E-state index is 13.1. The number of unbranched alkanes of at least 4 members (excludes halogenated alkanes) is 48. The maximum atomic E-state index is 13.1. The predicted octanol–water partition coefficient (Wildman–Crippen LogP) is 17.9. The van der Waals surface area contributed by atoms with Gasteiger partial charge in [-0.15, -0.1) is 0 Å². The number of hydrogen-bond donors (Lipinski definition) is 6. The summed E-state index contributed by atoms with van der Waals surface area (Å²) in [5.74, 6) is -0.136. The highest BCUT2D eigenvalue weighted by Crippen LogP contribution is 2.24. The van der Waals surface area contributed by atoms with Gasteiger partial charge in [-0.05, 0) is 38.5 Å². The fourth-order valence-electron chi connectivity index (χ4n) is 11.3. The molecule has 452 valence electrons. The van der Waals surface area contributed by atoms with E-state index in [4.69, 9.17) is 9.47 Å². The van der Waals surface area contributed by atoms with Gasteiger partial charge in [-0.2, -0.15) is 0 Å². The van der Waals surface area contributed by atoms with E-state index in [1.807, 2.05) is 0 Å². The number of amides is 1. The molecule has 1 saturated heterocycles. The molecule has 0 spiro atoms. The van der Waals surface area contributed by atoms with Crippen molar-refractivity contribution >= 4 is 5.91 Å². The molecule has 1 aliphatic rings. The third kappa shape index (κ3) is 45.6. The predicted molar refractivity (Wildman–Crippen MR) is 323 cm³/mol. The van der Waals surface area contributed by atoms with Crippen LogP contribution in [0.15, 0.2) is 12.2 Å². The van der Waals surface area contributed by atoms with Gasteiger partial charge in [0, 0.05) is 6.42 Å². The van der Waals surface area contributed by atoms with E-state index in [1.165, 1.54) is 289 Å². The van der Waals surface area contributed by atoms with Crippen LogP contribution in [-0.4, -0.2) is 87.5 Å². The molecule has 1 rings (SSSR count). The molecule has 9 nitrogen and oxygen atoms in total. The molecule has 0 aromatic heterocycles. The van der Waals surface area contributed by atoms with E-state index in [1.54, 1.807) is 0 Å². The molecule has 7 unspecified atom stereocenters. The van der Waals surface area contributed by atoms with E-state index in [-0.39, 0.29) is 12.5 Å². The van der Waals surface area contributed by atoms with Crippen LogP contribution < -0.4 is 5.32 Å². The Hall–Kier alpha value is -1.07. The van der Waals surface area contributed by atoms with E-state index in [2.05, 4.69) is 31.3 Å². The highest BCUT2D eigenvalue weighted by molar-refractivity contribution is 5.76. The van der Waals surface area contributed by atoms with Gasteiger partial charge in [-0.3, -0.25) is 4.79 Å². The van der Waals surface area contributed by atoms with Crippen LogP contribution in [0, 0.1) is 0 Å². The number of allylic oxidation sites excluding steroid dienone is 2. The summed E-state index contributed by atoms with van der Waals surface area (Å²) in [4.78, 5) is 13.1. The number of hydrogen-bond acceptors (Lipinski definition) is 8. The average molecular weight is 1080 g/mol. The minimum absolute atomic E-state index is 0.132. The third-order valence-electron chi connectivity index (χ3n) is 16.6. The van der Waals surface area contributed by atoms with E-state index in [0.29, 0.717) is 12.8 Å². The van der Waals surface area contributed by atoms with Crippen LogP contribution >= 0.6 is 0 Å². The molecule has 0 aromatic carbocycles. The number of aliphatic hydroxyl groups is 5. The molecule has 0 aromatic rings. The SMILES string of the molecule is CCCCCCCCCCCCCC/C=C\CCCCCCCCCCCCCCCCCC(=O)NC(COC1OC(CO)C(O)C(O)C1O)C(O)CCCCCCCCCCCCCCCCCCCCCCCC. The average Bonchev–Trinajstić information content (AvgIpc) is 3.42. The maximum Gasteiger partial charge on any atom is 0.220 e. The Kier molecular flexibility index (Phi) is 54.9. The highest BCUT2D eigenvalue weighted by Gasteiger charge is 2.44. The lowest BCUT2D eigenvalue weighted by Crippen LogP contribution is -2.60. The van der Waals surface area contributed by atoms with Crippen molar-refractivity contribution in [3.8, 4) is 0 Å². The summed E-state index contributed by atoms with van der Waals surface area (Å²) in [6, 6.07) is -0.717. The van der Waals surface area contributed by atoms with E-state index in [0.717, 1.165) is 38.5 Å². The van der Waals surface area contributed by atoms with E-state index < -0.39 is 49.5 Å². The summed E-state index contributed by atoms with van der Waals surface area (Å²) in [6.07, 6.45) is 65.6. The first-order valence-corrected chi connectivity index (χ1v) is 33.9. The van der Waals surface area contributed by atoms with Gasteiger partial charge in [0.2, 0.25) is 5.91 Å². The van der Waals surface area contributed by atoms with Crippen molar-refractivity contribution in [1.82, 2.24) is 5.32 Å². The summed E-state index contributed by atoms with van der Waals surface area (Å²) in [7, 11) is 0. The number of carbonyl (C=O) groups excluding carboxylic acids is 1. The Labute approximate surface area is 471 Å². The van der Waals surface area contributed by atoms with Gasteiger partial charge < -0.3 is 40.3 Å². The van der Waals surface area contributed by atoms with Gasteiger partial charge in [0.25, 0.3) is 0 Å². The Morgan fingerprint density at radius 3 is 1.07 bits per heavy atom. The summed E-state index contributed by atoms with van der Waals surface area (Å²) >= 11 is 0. The number of rotatable bonds is 60. The van der Waals surface area contributed by atoms with E-state index >= 15 is 0 Å². The van der Waals surface area contributed by atoms with Crippen molar-refractivity contribution in [2.45, 2.75) is 397 Å². The van der Waals surface area contributed by atoms with Gasteiger partial charge in [0.1, 0.15) is 24.4 Å². The second-order valence-electron chi connectivity index (χ2n) is 24.0. The number of nitrogens with one attached hydrogen (secondary N) is 1. The van der Waals surface area contributed by atoms with Gasteiger partial charge in [0.05, 0.1) is 25.4 Å². The summed E-state index contributed by atoms with van der Waals surface area (Å²) in [6.45, 7) is 3.90. The Balaban J connectivity index is 2.11. The minimum atomic E-state index is -1.55. The van der Waals surface area contributed by atoms with Crippen LogP contribution in [0.1, 0.15) is 354 Å². The molecule has 0 aliphatic carbocycles. The fourth-order valence-corrected chi connectivity index (χ4v) is 11.3. The Morgan fingerprint density at radius 1 is 0.434 bits per heavy atom. The molecule has 6 N–H and O–H groups in total. The Bertz CT molecular complexity index is 1200. The van der Waals surface area contributed by atoms with Crippen LogP contribution in [0.4, 0.5) is 0 Å². The number of ether oxygens (including phenoxy) is 2. The van der Waals surface area contributed by atoms with Crippen molar-refractivity contribution in [2.75, 3.05) is 13.2 Å². The summed E-state index contributed by atoms with van der Waals surface area (Å²) < 4.78 is 11.4. The molecule has 1 fully saturated rings. The van der Waals surface area contributed by atoms with Crippen molar-refractivity contribution in [1.29, 1.82) is 0 Å². The van der Waals surface area contributed by atoms with Crippen LogP contribution in [0.3, 0.4) is 0 Å². The van der Waals surface area contributed by atoms with Gasteiger partial charge in [-0.25, -0.2) is 0 Å². The lowest BCUT2D eigenvalue weighted by Gasteiger charge is -2.40. The van der Waals surface area contributed by atoms with E-state index in [9.17, 15) is 30.3 Å². The first-order valence-electron chi connectivity index (χ1n) is 33.9. The smallest absolute Gasteiger partial charge is 0.220 e. The summed E-state index contributed by atoms with van der Waals surface area (Å²) in [5, 5.41) is 54.9. The van der Waals surface area contributed by atoms with Gasteiger partial charge in [0.15, 0.2) is 6.29 Å². The molecule has 1 heterocycles.